The average molecular weight is 355 g/mol. The second-order valence-electron chi connectivity index (χ2n) is 4.12. The summed E-state index contributed by atoms with van der Waals surface area (Å²) in [5, 5.41) is 2.31. The van der Waals surface area contributed by atoms with Gasteiger partial charge in [-0.3, -0.25) is 0 Å². The van der Waals surface area contributed by atoms with Gasteiger partial charge < -0.3 is 0 Å². The van der Waals surface area contributed by atoms with Gasteiger partial charge in [-0.2, -0.15) is 0 Å². The predicted molar refractivity (Wildman–Crippen MR) is 82.8 cm³/mol. The van der Waals surface area contributed by atoms with Gasteiger partial charge in [-0.15, -0.1) is 11.3 Å². The van der Waals surface area contributed by atoms with Crippen LogP contribution >= 0.6 is 38.9 Å². The fourth-order valence-corrected chi connectivity index (χ4v) is 3.46. The minimum absolute atomic E-state index is 0.465. The number of benzene rings is 1. The first-order chi connectivity index (χ1) is 9.06. The first kappa shape index (κ1) is 13.0. The molecule has 0 bridgehead atoms. The van der Waals surface area contributed by atoms with Gasteiger partial charge in [0.1, 0.15) is 5.15 Å². The van der Waals surface area contributed by atoms with Crippen molar-refractivity contribution in [1.82, 2.24) is 15.0 Å². The first-order valence-electron chi connectivity index (χ1n) is 5.62. The third-order valence-electron chi connectivity index (χ3n) is 2.74. The van der Waals surface area contributed by atoms with Crippen LogP contribution in [0.4, 0.5) is 0 Å². The van der Waals surface area contributed by atoms with E-state index < -0.39 is 0 Å². The van der Waals surface area contributed by atoms with Gasteiger partial charge >= 0.3 is 0 Å². The van der Waals surface area contributed by atoms with E-state index in [-0.39, 0.29) is 0 Å². The van der Waals surface area contributed by atoms with E-state index in [4.69, 9.17) is 11.6 Å². The zero-order chi connectivity index (χ0) is 13.6. The van der Waals surface area contributed by atoms with Gasteiger partial charge in [0.2, 0.25) is 0 Å². The first-order valence-corrected chi connectivity index (χ1v) is 7.61. The molecule has 0 radical (unpaired) electrons. The average Bonchev–Trinajstić information content (AvgIpc) is 2.70. The Hall–Kier alpha value is -1.04. The summed E-state index contributed by atoms with van der Waals surface area (Å²) in [4.78, 5) is 14.4. The summed E-state index contributed by atoms with van der Waals surface area (Å²) in [5.74, 6) is 0.632. The summed E-state index contributed by atoms with van der Waals surface area (Å²) in [6, 6.07) is 5.78. The standard InChI is InChI=1S/C13H9BrClN3S/c1-6-11(19-7(2)16-6)13-17-10-8(12(15)18-13)4-3-5-9(10)14/h3-5H,1-2H3. The van der Waals surface area contributed by atoms with E-state index in [0.29, 0.717) is 11.0 Å². The van der Waals surface area contributed by atoms with Gasteiger partial charge in [-0.25, -0.2) is 15.0 Å². The van der Waals surface area contributed by atoms with E-state index in [0.717, 1.165) is 31.0 Å². The molecule has 2 aromatic heterocycles. The maximum absolute atomic E-state index is 6.26. The smallest absolute Gasteiger partial charge is 0.173 e. The molecule has 19 heavy (non-hydrogen) atoms. The largest absolute Gasteiger partial charge is 0.246 e. The second kappa shape index (κ2) is 4.81. The molecule has 3 nitrogen and oxygen atoms in total. The van der Waals surface area contributed by atoms with E-state index >= 15 is 0 Å². The van der Waals surface area contributed by atoms with Gasteiger partial charge in [0.25, 0.3) is 0 Å². The van der Waals surface area contributed by atoms with Crippen molar-refractivity contribution in [3.8, 4) is 10.7 Å². The van der Waals surface area contributed by atoms with Gasteiger partial charge in [0, 0.05) is 9.86 Å². The molecule has 3 aromatic rings. The Labute approximate surface area is 127 Å². The lowest BCUT2D eigenvalue weighted by Gasteiger charge is -2.04. The molecule has 0 atom stereocenters. The summed E-state index contributed by atoms with van der Waals surface area (Å²) in [7, 11) is 0. The highest BCUT2D eigenvalue weighted by molar-refractivity contribution is 9.10. The minimum atomic E-state index is 0.465. The number of aryl methyl sites for hydroxylation is 2. The van der Waals surface area contributed by atoms with Crippen molar-refractivity contribution in [1.29, 1.82) is 0 Å². The monoisotopic (exact) mass is 353 g/mol. The lowest BCUT2D eigenvalue weighted by molar-refractivity contribution is 1.17. The Kier molecular flexibility index (Phi) is 3.28. The zero-order valence-corrected chi connectivity index (χ0v) is 13.4. The lowest BCUT2D eigenvalue weighted by atomic mass is 10.2. The van der Waals surface area contributed by atoms with E-state index in [2.05, 4.69) is 30.9 Å². The number of rotatable bonds is 1. The summed E-state index contributed by atoms with van der Waals surface area (Å²) < 4.78 is 0.912. The van der Waals surface area contributed by atoms with Crippen LogP contribution in [0.15, 0.2) is 22.7 Å². The Bertz CT molecular complexity index is 785. The van der Waals surface area contributed by atoms with Crippen LogP contribution in [-0.2, 0) is 0 Å². The van der Waals surface area contributed by atoms with Crippen LogP contribution < -0.4 is 0 Å². The van der Waals surface area contributed by atoms with Gasteiger partial charge in [0.15, 0.2) is 5.82 Å². The van der Waals surface area contributed by atoms with Crippen molar-refractivity contribution in [3.63, 3.8) is 0 Å². The van der Waals surface area contributed by atoms with Crippen LogP contribution in [0.5, 0.6) is 0 Å². The van der Waals surface area contributed by atoms with Crippen molar-refractivity contribution in [3.05, 3.63) is 38.5 Å². The van der Waals surface area contributed by atoms with E-state index in [9.17, 15) is 0 Å². The maximum atomic E-state index is 6.26. The quantitative estimate of drug-likeness (QED) is 0.590. The molecular formula is C13H9BrClN3S. The van der Waals surface area contributed by atoms with Crippen molar-refractivity contribution in [2.24, 2.45) is 0 Å². The van der Waals surface area contributed by atoms with Crippen LogP contribution in [0.2, 0.25) is 5.15 Å². The molecule has 0 saturated heterocycles. The molecule has 96 valence electrons. The summed E-state index contributed by atoms with van der Waals surface area (Å²) in [6.45, 7) is 3.93. The third kappa shape index (κ3) is 2.26. The van der Waals surface area contributed by atoms with E-state index in [1.165, 1.54) is 0 Å². The van der Waals surface area contributed by atoms with Crippen LogP contribution in [0, 0.1) is 13.8 Å². The van der Waals surface area contributed by atoms with Gasteiger partial charge in [0.05, 0.1) is 21.1 Å². The van der Waals surface area contributed by atoms with Crippen LogP contribution in [0.3, 0.4) is 0 Å². The topological polar surface area (TPSA) is 38.7 Å². The number of nitrogens with zero attached hydrogens (tertiary/aromatic N) is 3. The molecule has 0 spiro atoms. The molecule has 0 saturated carbocycles. The van der Waals surface area contributed by atoms with Crippen molar-refractivity contribution >= 4 is 49.8 Å². The number of thiazole rings is 1. The molecule has 2 heterocycles. The summed E-state index contributed by atoms with van der Waals surface area (Å²) in [5.41, 5.74) is 1.76. The number of hydrogen-bond acceptors (Lipinski definition) is 4. The number of para-hydroxylation sites is 1. The van der Waals surface area contributed by atoms with Crippen molar-refractivity contribution < 1.29 is 0 Å². The number of aromatic nitrogens is 3. The molecule has 0 aliphatic rings. The normalized spacial score (nSPS) is 11.2. The molecule has 3 rings (SSSR count). The highest BCUT2D eigenvalue weighted by atomic mass is 79.9. The van der Waals surface area contributed by atoms with Gasteiger partial charge in [-0.1, -0.05) is 17.7 Å². The van der Waals surface area contributed by atoms with Gasteiger partial charge in [-0.05, 0) is 41.9 Å². The van der Waals surface area contributed by atoms with E-state index in [1.54, 1.807) is 11.3 Å². The molecule has 6 heteroatoms. The Morgan fingerprint density at radius 3 is 2.63 bits per heavy atom. The second-order valence-corrected chi connectivity index (χ2v) is 6.54. The molecular weight excluding hydrogens is 346 g/mol. The minimum Gasteiger partial charge on any atom is -0.246 e. The fourth-order valence-electron chi connectivity index (χ4n) is 1.92. The third-order valence-corrected chi connectivity index (χ3v) is 4.73. The Morgan fingerprint density at radius 1 is 1.16 bits per heavy atom. The van der Waals surface area contributed by atoms with Crippen LogP contribution in [0.25, 0.3) is 21.6 Å². The fraction of sp³-hybridized carbons (Fsp3) is 0.154. The maximum Gasteiger partial charge on any atom is 0.173 e. The molecule has 0 amide bonds. The highest BCUT2D eigenvalue weighted by Gasteiger charge is 2.14. The van der Waals surface area contributed by atoms with E-state index in [1.807, 2.05) is 32.0 Å². The number of fused-ring (bicyclic) bond motifs is 1. The predicted octanol–water partition coefficient (Wildman–Crippen LogP) is 4.79. The Morgan fingerprint density at radius 2 is 1.95 bits per heavy atom. The molecule has 0 N–H and O–H groups in total. The molecule has 0 unspecified atom stereocenters. The molecule has 0 aliphatic carbocycles. The number of halogens is 2. The highest BCUT2D eigenvalue weighted by Crippen LogP contribution is 2.32. The lowest BCUT2D eigenvalue weighted by Crippen LogP contribution is -1.92. The molecule has 0 aliphatic heterocycles. The van der Waals surface area contributed by atoms with Crippen LogP contribution in [-0.4, -0.2) is 15.0 Å². The summed E-state index contributed by atoms with van der Waals surface area (Å²) >= 11 is 11.3. The van der Waals surface area contributed by atoms with Crippen molar-refractivity contribution in [2.75, 3.05) is 0 Å². The van der Waals surface area contributed by atoms with Crippen LogP contribution in [0.1, 0.15) is 10.7 Å². The Balaban J connectivity index is 2.32. The van der Waals surface area contributed by atoms with Crippen molar-refractivity contribution in [2.45, 2.75) is 13.8 Å². The molecule has 1 aromatic carbocycles. The zero-order valence-electron chi connectivity index (χ0n) is 10.2. The molecule has 0 fully saturated rings. The SMILES string of the molecule is Cc1nc(C)c(-c2nc(Cl)c3cccc(Br)c3n2)s1. The summed E-state index contributed by atoms with van der Waals surface area (Å²) in [6.07, 6.45) is 0. The number of hydrogen-bond donors (Lipinski definition) is 0.